The highest BCUT2D eigenvalue weighted by molar-refractivity contribution is 7.99. The van der Waals surface area contributed by atoms with Gasteiger partial charge in [-0.1, -0.05) is 36.4 Å². The standard InChI is InChI=1S/C24H21N3OS/c1-17-10-11-20(16-25)24(26-17)29-15-14-23(28)27-21-8-4-2-6-18(21)12-13-19-7-3-5-9-22(19)27/h2-11H,12-15H2,1H3. The number of rotatable bonds is 4. The zero-order valence-electron chi connectivity index (χ0n) is 16.3. The molecule has 0 aliphatic carbocycles. The number of hydrogen-bond acceptors (Lipinski definition) is 4. The smallest absolute Gasteiger partial charge is 0.232 e. The van der Waals surface area contributed by atoms with Gasteiger partial charge in [-0.05, 0) is 55.2 Å². The Morgan fingerprint density at radius 3 is 2.28 bits per heavy atom. The van der Waals surface area contributed by atoms with E-state index in [4.69, 9.17) is 0 Å². The molecule has 29 heavy (non-hydrogen) atoms. The average molecular weight is 400 g/mol. The van der Waals surface area contributed by atoms with E-state index >= 15 is 0 Å². The minimum Gasteiger partial charge on any atom is -0.280 e. The molecular formula is C24H21N3OS. The van der Waals surface area contributed by atoms with Gasteiger partial charge in [0.25, 0.3) is 0 Å². The maximum Gasteiger partial charge on any atom is 0.232 e. The molecule has 0 fully saturated rings. The molecule has 0 bridgehead atoms. The van der Waals surface area contributed by atoms with Crippen LogP contribution in [-0.4, -0.2) is 16.6 Å². The second kappa shape index (κ2) is 8.50. The van der Waals surface area contributed by atoms with Crippen LogP contribution < -0.4 is 4.90 Å². The minimum atomic E-state index is 0.0606. The molecule has 2 aromatic carbocycles. The number of fused-ring (bicyclic) bond motifs is 2. The molecule has 0 saturated carbocycles. The third-order valence-electron chi connectivity index (χ3n) is 5.05. The Labute approximate surface area is 175 Å². The summed E-state index contributed by atoms with van der Waals surface area (Å²) in [5, 5.41) is 9.98. The van der Waals surface area contributed by atoms with E-state index in [0.717, 1.165) is 29.9 Å². The van der Waals surface area contributed by atoms with E-state index in [1.54, 1.807) is 6.07 Å². The summed E-state index contributed by atoms with van der Waals surface area (Å²) in [5.41, 5.74) is 5.75. The van der Waals surface area contributed by atoms with Crippen LogP contribution in [0.5, 0.6) is 0 Å². The van der Waals surface area contributed by atoms with Gasteiger partial charge in [0.05, 0.1) is 16.9 Å². The summed E-state index contributed by atoms with van der Waals surface area (Å²) >= 11 is 1.46. The highest BCUT2D eigenvalue weighted by Crippen LogP contribution is 2.36. The summed E-state index contributed by atoms with van der Waals surface area (Å²) < 4.78 is 0. The van der Waals surface area contributed by atoms with Crippen molar-refractivity contribution in [1.82, 2.24) is 4.98 Å². The lowest BCUT2D eigenvalue weighted by Crippen LogP contribution is -2.27. The number of pyridine rings is 1. The lowest BCUT2D eigenvalue weighted by molar-refractivity contribution is -0.117. The monoisotopic (exact) mass is 399 g/mol. The number of nitriles is 1. The average Bonchev–Trinajstić information content (AvgIpc) is 2.91. The van der Waals surface area contributed by atoms with Crippen LogP contribution in [0.25, 0.3) is 0 Å². The van der Waals surface area contributed by atoms with E-state index in [0.29, 0.717) is 22.8 Å². The fourth-order valence-corrected chi connectivity index (χ4v) is 4.57. The van der Waals surface area contributed by atoms with Crippen LogP contribution in [0.15, 0.2) is 65.7 Å². The molecule has 5 heteroatoms. The van der Waals surface area contributed by atoms with Crippen LogP contribution in [-0.2, 0) is 17.6 Å². The molecule has 144 valence electrons. The van der Waals surface area contributed by atoms with E-state index in [-0.39, 0.29) is 5.91 Å². The van der Waals surface area contributed by atoms with Gasteiger partial charge in [-0.15, -0.1) is 11.8 Å². The fraction of sp³-hybridized carbons (Fsp3) is 0.208. The van der Waals surface area contributed by atoms with Crippen LogP contribution in [0.2, 0.25) is 0 Å². The molecule has 0 spiro atoms. The highest BCUT2D eigenvalue weighted by atomic mass is 32.2. The number of aromatic nitrogens is 1. The summed E-state index contributed by atoms with van der Waals surface area (Å²) in [6.45, 7) is 1.90. The number of aryl methyl sites for hydroxylation is 3. The molecule has 0 N–H and O–H groups in total. The van der Waals surface area contributed by atoms with Crippen LogP contribution >= 0.6 is 11.8 Å². The number of benzene rings is 2. The number of hydrogen-bond donors (Lipinski definition) is 0. The van der Waals surface area contributed by atoms with Crippen LogP contribution in [0, 0.1) is 18.3 Å². The molecule has 0 atom stereocenters. The zero-order valence-corrected chi connectivity index (χ0v) is 17.1. The van der Waals surface area contributed by atoms with Crippen molar-refractivity contribution < 1.29 is 4.79 Å². The quantitative estimate of drug-likeness (QED) is 0.565. The molecule has 1 aliphatic heterocycles. The number of carbonyl (C=O) groups is 1. The molecule has 0 unspecified atom stereocenters. The van der Waals surface area contributed by atoms with Crippen LogP contribution in [0.4, 0.5) is 11.4 Å². The Hall–Kier alpha value is -3.10. The van der Waals surface area contributed by atoms with E-state index in [1.807, 2.05) is 54.3 Å². The van der Waals surface area contributed by atoms with Gasteiger partial charge >= 0.3 is 0 Å². The van der Waals surface area contributed by atoms with Crippen LogP contribution in [0.3, 0.4) is 0 Å². The topological polar surface area (TPSA) is 57.0 Å². The first-order valence-corrected chi connectivity index (χ1v) is 10.7. The maximum absolute atomic E-state index is 13.3. The van der Waals surface area contributed by atoms with Crippen molar-refractivity contribution in [3.05, 3.63) is 83.0 Å². The molecule has 0 radical (unpaired) electrons. The second-order valence-electron chi connectivity index (χ2n) is 7.00. The second-order valence-corrected chi connectivity index (χ2v) is 8.09. The molecule has 1 aromatic heterocycles. The first-order chi connectivity index (χ1) is 14.2. The summed E-state index contributed by atoms with van der Waals surface area (Å²) in [6.07, 6.45) is 2.21. The summed E-state index contributed by atoms with van der Waals surface area (Å²) in [7, 11) is 0. The summed E-state index contributed by atoms with van der Waals surface area (Å²) in [4.78, 5) is 19.6. The Kier molecular flexibility index (Phi) is 5.64. The SMILES string of the molecule is Cc1ccc(C#N)c(SCCC(=O)N2c3ccccc3CCc3ccccc32)n1. The molecule has 2 heterocycles. The molecule has 3 aromatic rings. The minimum absolute atomic E-state index is 0.0606. The van der Waals surface area contributed by atoms with Crippen molar-refractivity contribution in [2.45, 2.75) is 31.2 Å². The lowest BCUT2D eigenvalue weighted by atomic mass is 10.0. The van der Waals surface area contributed by atoms with Gasteiger partial charge in [0.1, 0.15) is 11.1 Å². The van der Waals surface area contributed by atoms with Crippen molar-refractivity contribution in [3.8, 4) is 6.07 Å². The van der Waals surface area contributed by atoms with E-state index in [1.165, 1.54) is 22.9 Å². The van der Waals surface area contributed by atoms with Gasteiger partial charge in [-0.25, -0.2) is 4.98 Å². The van der Waals surface area contributed by atoms with Gasteiger partial charge in [-0.2, -0.15) is 5.26 Å². The number of anilines is 2. The largest absolute Gasteiger partial charge is 0.280 e. The normalized spacial score (nSPS) is 12.5. The molecule has 1 amide bonds. The van der Waals surface area contributed by atoms with E-state index in [2.05, 4.69) is 23.2 Å². The van der Waals surface area contributed by atoms with Crippen molar-refractivity contribution in [2.24, 2.45) is 0 Å². The Morgan fingerprint density at radius 1 is 1.03 bits per heavy atom. The van der Waals surface area contributed by atoms with E-state index in [9.17, 15) is 10.1 Å². The lowest BCUT2D eigenvalue weighted by Gasteiger charge is -2.25. The highest BCUT2D eigenvalue weighted by Gasteiger charge is 2.25. The van der Waals surface area contributed by atoms with Crippen LogP contribution in [0.1, 0.15) is 28.8 Å². The number of carbonyl (C=O) groups excluding carboxylic acids is 1. The summed E-state index contributed by atoms with van der Waals surface area (Å²) in [6, 6.07) is 22.1. The van der Waals surface area contributed by atoms with Gasteiger partial charge in [0, 0.05) is 17.9 Å². The first kappa shape index (κ1) is 19.2. The number of thioether (sulfide) groups is 1. The predicted molar refractivity (Wildman–Crippen MR) is 116 cm³/mol. The Morgan fingerprint density at radius 2 is 1.66 bits per heavy atom. The van der Waals surface area contributed by atoms with Gasteiger partial charge < -0.3 is 0 Å². The summed E-state index contributed by atoms with van der Waals surface area (Å²) in [5.74, 6) is 0.635. The van der Waals surface area contributed by atoms with Crippen molar-refractivity contribution in [2.75, 3.05) is 10.7 Å². The number of nitrogens with zero attached hydrogens (tertiary/aromatic N) is 3. The third-order valence-corrected chi connectivity index (χ3v) is 6.05. The molecule has 4 rings (SSSR count). The third kappa shape index (κ3) is 4.03. The van der Waals surface area contributed by atoms with Gasteiger partial charge in [0.15, 0.2) is 0 Å². The Bertz CT molecular complexity index is 1060. The number of amides is 1. The zero-order chi connectivity index (χ0) is 20.2. The van der Waals surface area contributed by atoms with Crippen molar-refractivity contribution in [1.29, 1.82) is 5.26 Å². The maximum atomic E-state index is 13.3. The Balaban J connectivity index is 1.58. The predicted octanol–water partition coefficient (Wildman–Crippen LogP) is 5.21. The fourth-order valence-electron chi connectivity index (χ4n) is 3.62. The van der Waals surface area contributed by atoms with Crippen molar-refractivity contribution >= 4 is 29.0 Å². The van der Waals surface area contributed by atoms with Crippen molar-refractivity contribution in [3.63, 3.8) is 0 Å². The van der Waals surface area contributed by atoms with E-state index < -0.39 is 0 Å². The van der Waals surface area contributed by atoms with Gasteiger partial charge in [-0.3, -0.25) is 9.69 Å². The first-order valence-electron chi connectivity index (χ1n) is 9.66. The number of para-hydroxylation sites is 2. The molecule has 4 nitrogen and oxygen atoms in total. The molecular weight excluding hydrogens is 378 g/mol. The van der Waals surface area contributed by atoms with Gasteiger partial charge in [0.2, 0.25) is 5.91 Å². The molecule has 1 aliphatic rings. The molecule has 0 saturated heterocycles.